The van der Waals surface area contributed by atoms with E-state index in [0.717, 1.165) is 39.3 Å². The lowest BCUT2D eigenvalue weighted by atomic mass is 10.3. The van der Waals surface area contributed by atoms with Gasteiger partial charge in [0.15, 0.2) is 0 Å². The van der Waals surface area contributed by atoms with Gasteiger partial charge in [0.25, 0.3) is 0 Å². The SMILES string of the molecule is FOCCCN1CCOCC1. The summed E-state index contributed by atoms with van der Waals surface area (Å²) in [5.74, 6) is 0. The molecular weight excluding hydrogens is 149 g/mol. The fourth-order valence-electron chi connectivity index (χ4n) is 1.17. The van der Waals surface area contributed by atoms with Crippen molar-refractivity contribution in [3.63, 3.8) is 0 Å². The topological polar surface area (TPSA) is 21.7 Å². The third-order valence-electron chi connectivity index (χ3n) is 1.80. The highest BCUT2D eigenvalue weighted by atomic mass is 19.3. The molecule has 0 N–H and O–H groups in total. The highest BCUT2D eigenvalue weighted by Gasteiger charge is 2.08. The van der Waals surface area contributed by atoms with Crippen LogP contribution in [-0.2, 0) is 9.68 Å². The van der Waals surface area contributed by atoms with Gasteiger partial charge in [0.05, 0.1) is 19.8 Å². The van der Waals surface area contributed by atoms with E-state index in [9.17, 15) is 4.53 Å². The van der Waals surface area contributed by atoms with Crippen molar-refractivity contribution in [1.29, 1.82) is 0 Å². The van der Waals surface area contributed by atoms with Gasteiger partial charge in [-0.25, -0.2) is 0 Å². The zero-order valence-electron chi connectivity index (χ0n) is 6.59. The van der Waals surface area contributed by atoms with Crippen molar-refractivity contribution >= 4 is 0 Å². The van der Waals surface area contributed by atoms with Crippen LogP contribution in [0.3, 0.4) is 0 Å². The molecule has 1 aliphatic heterocycles. The molecule has 1 saturated heterocycles. The number of ether oxygens (including phenoxy) is 1. The maximum absolute atomic E-state index is 11.2. The standard InChI is InChI=1S/C7H14FNO2/c8-11-5-1-2-9-3-6-10-7-4-9/h1-7H2. The quantitative estimate of drug-likeness (QED) is 0.567. The van der Waals surface area contributed by atoms with Gasteiger partial charge in [-0.15, -0.1) is 0 Å². The zero-order valence-corrected chi connectivity index (χ0v) is 6.59. The summed E-state index contributed by atoms with van der Waals surface area (Å²) < 4.78 is 16.4. The second-order valence-corrected chi connectivity index (χ2v) is 2.62. The molecule has 1 fully saturated rings. The normalized spacial score (nSPS) is 20.5. The van der Waals surface area contributed by atoms with Crippen LogP contribution < -0.4 is 0 Å². The predicted molar refractivity (Wildman–Crippen MR) is 38.9 cm³/mol. The molecule has 0 amide bonds. The number of halogens is 1. The van der Waals surface area contributed by atoms with Crippen LogP contribution >= 0.6 is 0 Å². The first-order valence-corrected chi connectivity index (χ1v) is 3.97. The minimum atomic E-state index is 0.206. The molecule has 1 heterocycles. The van der Waals surface area contributed by atoms with Crippen molar-refractivity contribution in [2.45, 2.75) is 6.42 Å². The number of hydrogen-bond donors (Lipinski definition) is 0. The predicted octanol–water partition coefficient (Wildman–Crippen LogP) is 0.610. The fraction of sp³-hybridized carbons (Fsp3) is 1.00. The second-order valence-electron chi connectivity index (χ2n) is 2.62. The zero-order chi connectivity index (χ0) is 7.94. The Bertz CT molecular complexity index is 96.4. The number of rotatable bonds is 4. The molecule has 66 valence electrons. The summed E-state index contributed by atoms with van der Waals surface area (Å²) in [7, 11) is 0. The molecule has 1 aliphatic rings. The van der Waals surface area contributed by atoms with Crippen molar-refractivity contribution in [2.24, 2.45) is 0 Å². The van der Waals surface area contributed by atoms with Crippen LogP contribution in [0.15, 0.2) is 0 Å². The molecule has 11 heavy (non-hydrogen) atoms. The van der Waals surface area contributed by atoms with Crippen LogP contribution in [0.5, 0.6) is 0 Å². The second kappa shape index (κ2) is 5.46. The summed E-state index contributed by atoms with van der Waals surface area (Å²) in [5.41, 5.74) is 0. The van der Waals surface area contributed by atoms with E-state index in [1.165, 1.54) is 0 Å². The Morgan fingerprint density at radius 3 is 2.73 bits per heavy atom. The molecule has 0 spiro atoms. The average molecular weight is 163 g/mol. The van der Waals surface area contributed by atoms with E-state index >= 15 is 0 Å². The van der Waals surface area contributed by atoms with Gasteiger partial charge in [-0.1, -0.05) is 0 Å². The van der Waals surface area contributed by atoms with E-state index in [2.05, 4.69) is 9.84 Å². The van der Waals surface area contributed by atoms with Crippen LogP contribution in [0.4, 0.5) is 4.53 Å². The highest BCUT2D eigenvalue weighted by molar-refractivity contribution is 4.60. The lowest BCUT2D eigenvalue weighted by Gasteiger charge is -2.25. The molecule has 0 unspecified atom stereocenters. The molecule has 0 radical (unpaired) electrons. The summed E-state index contributed by atoms with van der Waals surface area (Å²) in [6.07, 6.45) is 0.760. The van der Waals surface area contributed by atoms with E-state index in [-0.39, 0.29) is 6.61 Å². The Morgan fingerprint density at radius 2 is 2.09 bits per heavy atom. The van der Waals surface area contributed by atoms with Crippen LogP contribution in [-0.4, -0.2) is 44.4 Å². The summed E-state index contributed by atoms with van der Waals surface area (Å²) in [5, 5.41) is 0. The van der Waals surface area contributed by atoms with Crippen molar-refractivity contribution in [2.75, 3.05) is 39.5 Å². The number of nitrogens with zero attached hydrogens (tertiary/aromatic N) is 1. The van der Waals surface area contributed by atoms with Gasteiger partial charge in [0, 0.05) is 19.6 Å². The van der Waals surface area contributed by atoms with Gasteiger partial charge in [-0.3, -0.25) is 4.90 Å². The van der Waals surface area contributed by atoms with Crippen molar-refractivity contribution in [1.82, 2.24) is 4.90 Å². The largest absolute Gasteiger partial charge is 0.379 e. The third kappa shape index (κ3) is 3.65. The molecule has 0 aromatic carbocycles. The first kappa shape index (κ1) is 8.90. The van der Waals surface area contributed by atoms with Gasteiger partial charge in [0.2, 0.25) is 0 Å². The maximum Gasteiger partial charge on any atom is 0.0888 e. The highest BCUT2D eigenvalue weighted by Crippen LogP contribution is 1.97. The average Bonchev–Trinajstić information content (AvgIpc) is 2.07. The molecule has 1 rings (SSSR count). The van der Waals surface area contributed by atoms with E-state index in [1.54, 1.807) is 0 Å². The van der Waals surface area contributed by atoms with E-state index in [0.29, 0.717) is 0 Å². The maximum atomic E-state index is 11.2. The van der Waals surface area contributed by atoms with Crippen molar-refractivity contribution in [3.8, 4) is 0 Å². The smallest absolute Gasteiger partial charge is 0.0888 e. The lowest BCUT2D eigenvalue weighted by Crippen LogP contribution is -2.37. The van der Waals surface area contributed by atoms with E-state index in [1.807, 2.05) is 0 Å². The van der Waals surface area contributed by atoms with Gasteiger partial charge >= 0.3 is 0 Å². The Kier molecular flexibility index (Phi) is 4.42. The first-order chi connectivity index (χ1) is 5.43. The lowest BCUT2D eigenvalue weighted by molar-refractivity contribution is -0.134. The summed E-state index contributed by atoms with van der Waals surface area (Å²) in [6.45, 7) is 4.65. The van der Waals surface area contributed by atoms with Gasteiger partial charge in [-0.05, 0) is 10.9 Å². The molecule has 0 atom stereocenters. The van der Waals surface area contributed by atoms with Gasteiger partial charge in [-0.2, -0.15) is 4.94 Å². The van der Waals surface area contributed by atoms with Crippen LogP contribution in [0.1, 0.15) is 6.42 Å². The third-order valence-corrected chi connectivity index (χ3v) is 1.80. The van der Waals surface area contributed by atoms with E-state index in [4.69, 9.17) is 4.74 Å². The molecule has 0 aliphatic carbocycles. The first-order valence-electron chi connectivity index (χ1n) is 3.97. The monoisotopic (exact) mass is 163 g/mol. The Morgan fingerprint density at radius 1 is 1.36 bits per heavy atom. The summed E-state index contributed by atoms with van der Waals surface area (Å²) >= 11 is 0. The number of hydrogen-bond acceptors (Lipinski definition) is 3. The van der Waals surface area contributed by atoms with Gasteiger partial charge in [0.1, 0.15) is 0 Å². The van der Waals surface area contributed by atoms with Crippen molar-refractivity contribution in [3.05, 3.63) is 0 Å². The Balaban J connectivity index is 1.96. The minimum Gasteiger partial charge on any atom is -0.379 e. The Labute approximate surface area is 66.0 Å². The fourth-order valence-corrected chi connectivity index (χ4v) is 1.17. The molecule has 0 bridgehead atoms. The molecular formula is C7H14FNO2. The summed E-state index contributed by atoms with van der Waals surface area (Å²) in [4.78, 5) is 5.73. The minimum absolute atomic E-state index is 0.206. The van der Waals surface area contributed by atoms with E-state index < -0.39 is 0 Å². The Hall–Kier alpha value is -0.190. The van der Waals surface area contributed by atoms with Crippen molar-refractivity contribution < 1.29 is 14.2 Å². The molecule has 0 aromatic heterocycles. The molecule has 0 saturated carbocycles. The van der Waals surface area contributed by atoms with Crippen LogP contribution in [0.25, 0.3) is 0 Å². The summed E-state index contributed by atoms with van der Waals surface area (Å²) in [6, 6.07) is 0. The van der Waals surface area contributed by atoms with Gasteiger partial charge < -0.3 is 4.74 Å². The van der Waals surface area contributed by atoms with Crippen LogP contribution in [0, 0.1) is 0 Å². The van der Waals surface area contributed by atoms with Crippen LogP contribution in [0.2, 0.25) is 0 Å². The molecule has 0 aromatic rings. The molecule has 4 heteroatoms. The molecule has 3 nitrogen and oxygen atoms in total. The number of morpholine rings is 1.